The van der Waals surface area contributed by atoms with Gasteiger partial charge in [-0.2, -0.15) is 0 Å². The first-order valence-electron chi connectivity index (χ1n) is 8.76. The van der Waals surface area contributed by atoms with Crippen LogP contribution in [-0.4, -0.2) is 23.9 Å². The number of hydrogen-bond acceptors (Lipinski definition) is 8. The fourth-order valence-corrected chi connectivity index (χ4v) is 3.18. The molecule has 0 aromatic heterocycles. The molecule has 3 aromatic carbocycles. The van der Waals surface area contributed by atoms with Crippen molar-refractivity contribution in [1.29, 1.82) is 0 Å². The standard InChI is InChI=1S/C22H10O8/c23-19-12-9-8-11(10-14(12)21(25)29-19)27-15-5-1-2-6-16(15)28-17-7-3-4-13-18(17)22(26)30-20(13)24/h1-10H. The summed E-state index contributed by atoms with van der Waals surface area (Å²) in [6, 6.07) is 15.6. The van der Waals surface area contributed by atoms with Crippen molar-refractivity contribution in [2.75, 3.05) is 0 Å². The van der Waals surface area contributed by atoms with Gasteiger partial charge in [0, 0.05) is 0 Å². The average molecular weight is 402 g/mol. The Bertz CT molecular complexity index is 1270. The number of hydrogen-bond donors (Lipinski definition) is 0. The summed E-state index contributed by atoms with van der Waals surface area (Å²) in [5.41, 5.74) is 0.437. The molecule has 0 spiro atoms. The van der Waals surface area contributed by atoms with E-state index in [2.05, 4.69) is 9.47 Å². The molecular formula is C22H10O8. The van der Waals surface area contributed by atoms with Crippen molar-refractivity contribution in [3.8, 4) is 23.0 Å². The molecule has 0 N–H and O–H groups in total. The van der Waals surface area contributed by atoms with Crippen LogP contribution in [-0.2, 0) is 9.47 Å². The number of carbonyl (C=O) groups is 4. The highest BCUT2D eigenvalue weighted by molar-refractivity contribution is 6.16. The predicted molar refractivity (Wildman–Crippen MR) is 99.0 cm³/mol. The first-order chi connectivity index (χ1) is 14.5. The molecule has 0 unspecified atom stereocenters. The molecule has 0 saturated heterocycles. The molecule has 3 aromatic rings. The zero-order chi connectivity index (χ0) is 20.8. The number of fused-ring (bicyclic) bond motifs is 2. The monoisotopic (exact) mass is 402 g/mol. The predicted octanol–water partition coefficient (Wildman–Crippen LogP) is 3.89. The minimum atomic E-state index is -0.786. The second-order valence-electron chi connectivity index (χ2n) is 6.39. The molecule has 2 aliphatic rings. The second-order valence-corrected chi connectivity index (χ2v) is 6.39. The number of rotatable bonds is 4. The Kier molecular flexibility index (Phi) is 3.85. The molecule has 0 fully saturated rings. The van der Waals surface area contributed by atoms with Crippen molar-refractivity contribution in [1.82, 2.24) is 0 Å². The highest BCUT2D eigenvalue weighted by Gasteiger charge is 2.33. The Morgan fingerprint density at radius 1 is 0.533 bits per heavy atom. The van der Waals surface area contributed by atoms with Crippen LogP contribution in [0.5, 0.6) is 23.0 Å². The minimum Gasteiger partial charge on any atom is -0.453 e. The third-order valence-corrected chi connectivity index (χ3v) is 4.55. The van der Waals surface area contributed by atoms with E-state index in [9.17, 15) is 19.2 Å². The first-order valence-corrected chi connectivity index (χ1v) is 8.76. The lowest BCUT2D eigenvalue weighted by molar-refractivity contribution is 0.0425. The van der Waals surface area contributed by atoms with Crippen molar-refractivity contribution in [3.63, 3.8) is 0 Å². The van der Waals surface area contributed by atoms with E-state index in [0.717, 1.165) is 0 Å². The lowest BCUT2D eigenvalue weighted by Crippen LogP contribution is -1.99. The molecule has 0 radical (unpaired) electrons. The van der Waals surface area contributed by atoms with Gasteiger partial charge in [0.25, 0.3) is 0 Å². The summed E-state index contributed by atoms with van der Waals surface area (Å²) in [6.07, 6.45) is 0. The molecule has 2 heterocycles. The summed E-state index contributed by atoms with van der Waals surface area (Å²) in [7, 11) is 0. The largest absolute Gasteiger partial charge is 0.453 e. The van der Waals surface area contributed by atoms with Crippen molar-refractivity contribution >= 4 is 23.9 Å². The first kappa shape index (κ1) is 17.6. The van der Waals surface area contributed by atoms with Crippen LogP contribution in [0.2, 0.25) is 0 Å². The summed E-state index contributed by atoms with van der Waals surface area (Å²) in [5.74, 6) is -2.00. The van der Waals surface area contributed by atoms with Crippen LogP contribution >= 0.6 is 0 Å². The highest BCUT2D eigenvalue weighted by atomic mass is 16.6. The lowest BCUT2D eigenvalue weighted by atomic mass is 10.1. The maximum Gasteiger partial charge on any atom is 0.350 e. The molecule has 0 atom stereocenters. The van der Waals surface area contributed by atoms with Gasteiger partial charge in [-0.15, -0.1) is 0 Å². The highest BCUT2D eigenvalue weighted by Crippen LogP contribution is 2.38. The van der Waals surface area contributed by atoms with Crippen molar-refractivity contribution in [2.45, 2.75) is 0 Å². The molecule has 0 saturated carbocycles. The molecule has 5 rings (SSSR count). The van der Waals surface area contributed by atoms with Crippen LogP contribution in [0.15, 0.2) is 60.7 Å². The number of ether oxygens (including phenoxy) is 4. The van der Waals surface area contributed by atoms with E-state index in [4.69, 9.17) is 9.47 Å². The maximum atomic E-state index is 12.0. The number of carbonyl (C=O) groups excluding carboxylic acids is 4. The lowest BCUT2D eigenvalue weighted by Gasteiger charge is -2.13. The van der Waals surface area contributed by atoms with Crippen molar-refractivity contribution < 1.29 is 38.1 Å². The van der Waals surface area contributed by atoms with Crippen LogP contribution in [0.3, 0.4) is 0 Å². The van der Waals surface area contributed by atoms with E-state index >= 15 is 0 Å². The quantitative estimate of drug-likeness (QED) is 0.478. The Hall–Kier alpha value is -4.46. The fourth-order valence-electron chi connectivity index (χ4n) is 3.18. The molecule has 146 valence electrons. The van der Waals surface area contributed by atoms with Crippen LogP contribution in [0.25, 0.3) is 0 Å². The average Bonchev–Trinajstić information content (AvgIpc) is 3.19. The topological polar surface area (TPSA) is 105 Å². The summed E-state index contributed by atoms with van der Waals surface area (Å²) >= 11 is 0. The Morgan fingerprint density at radius 2 is 1.17 bits per heavy atom. The number of para-hydroxylation sites is 2. The zero-order valence-electron chi connectivity index (χ0n) is 15.0. The van der Waals surface area contributed by atoms with Gasteiger partial charge in [0.1, 0.15) is 17.1 Å². The SMILES string of the molecule is O=C1OC(=O)c2cc(Oc3ccccc3Oc3cccc4c3C(=O)OC4=O)ccc21. The van der Waals surface area contributed by atoms with E-state index < -0.39 is 23.9 Å². The molecule has 30 heavy (non-hydrogen) atoms. The van der Waals surface area contributed by atoms with Crippen LogP contribution in [0.1, 0.15) is 41.4 Å². The number of esters is 4. The second kappa shape index (κ2) is 6.56. The Morgan fingerprint density at radius 3 is 1.97 bits per heavy atom. The van der Waals surface area contributed by atoms with Gasteiger partial charge in [-0.25, -0.2) is 19.2 Å². The van der Waals surface area contributed by atoms with Crippen molar-refractivity contribution in [2.24, 2.45) is 0 Å². The molecule has 0 aliphatic carbocycles. The van der Waals surface area contributed by atoms with Gasteiger partial charge < -0.3 is 18.9 Å². The summed E-state index contributed by atoms with van der Waals surface area (Å²) in [6.45, 7) is 0. The smallest absolute Gasteiger partial charge is 0.350 e. The van der Waals surface area contributed by atoms with Gasteiger partial charge in [-0.05, 0) is 42.5 Å². The normalized spacial score (nSPS) is 14.1. The third kappa shape index (κ3) is 2.78. The number of cyclic esters (lactones) is 4. The van der Waals surface area contributed by atoms with Crippen molar-refractivity contribution in [3.05, 3.63) is 82.9 Å². The van der Waals surface area contributed by atoms with E-state index in [0.29, 0.717) is 0 Å². The Balaban J connectivity index is 1.48. The molecular weight excluding hydrogens is 392 g/mol. The van der Waals surface area contributed by atoms with Gasteiger partial charge in [-0.3, -0.25) is 0 Å². The molecule has 2 aliphatic heterocycles. The van der Waals surface area contributed by atoms with Crippen LogP contribution < -0.4 is 9.47 Å². The van der Waals surface area contributed by atoms with Gasteiger partial charge in [0.05, 0.1) is 16.7 Å². The summed E-state index contributed by atoms with van der Waals surface area (Å²) in [4.78, 5) is 47.1. The molecule has 0 amide bonds. The molecule has 0 bridgehead atoms. The van der Waals surface area contributed by atoms with Gasteiger partial charge in [-0.1, -0.05) is 18.2 Å². The van der Waals surface area contributed by atoms with Gasteiger partial charge in [0.15, 0.2) is 11.5 Å². The summed E-state index contributed by atoms with van der Waals surface area (Å²) < 4.78 is 20.9. The number of benzene rings is 3. The van der Waals surface area contributed by atoms with E-state index in [-0.39, 0.29) is 45.3 Å². The maximum absolute atomic E-state index is 12.0. The van der Waals surface area contributed by atoms with E-state index in [1.54, 1.807) is 30.3 Å². The van der Waals surface area contributed by atoms with Crippen LogP contribution in [0.4, 0.5) is 0 Å². The van der Waals surface area contributed by atoms with Gasteiger partial charge >= 0.3 is 23.9 Å². The fraction of sp³-hybridized carbons (Fsp3) is 0. The zero-order valence-corrected chi connectivity index (χ0v) is 15.0. The van der Waals surface area contributed by atoms with Crippen LogP contribution in [0, 0.1) is 0 Å². The summed E-state index contributed by atoms with van der Waals surface area (Å²) in [5, 5.41) is 0. The van der Waals surface area contributed by atoms with E-state index in [1.807, 2.05) is 0 Å². The molecule has 8 nitrogen and oxygen atoms in total. The van der Waals surface area contributed by atoms with E-state index in [1.165, 1.54) is 30.3 Å². The minimum absolute atomic E-state index is 0.0380. The third-order valence-electron chi connectivity index (χ3n) is 4.55. The molecule has 8 heteroatoms. The Labute approximate surface area is 168 Å². The van der Waals surface area contributed by atoms with Gasteiger partial charge in [0.2, 0.25) is 0 Å².